The van der Waals surface area contributed by atoms with Crippen molar-refractivity contribution in [2.75, 3.05) is 13.1 Å². The fraction of sp³-hybridized carbons (Fsp3) is 0.500. The third kappa shape index (κ3) is 3.00. The Balaban J connectivity index is 1.46. The van der Waals surface area contributed by atoms with Crippen molar-refractivity contribution in [3.63, 3.8) is 0 Å². The second kappa shape index (κ2) is 6.54. The third-order valence-corrected chi connectivity index (χ3v) is 6.85. The molecule has 4 rings (SSSR count). The fourth-order valence-electron chi connectivity index (χ4n) is 4.49. The Labute approximate surface area is 152 Å². The van der Waals surface area contributed by atoms with Crippen molar-refractivity contribution in [1.82, 2.24) is 9.88 Å². The normalized spacial score (nSPS) is 26.0. The van der Waals surface area contributed by atoms with Crippen molar-refractivity contribution in [1.29, 1.82) is 0 Å². The number of aromatic nitrogens is 1. The first-order valence-corrected chi connectivity index (χ1v) is 9.98. The summed E-state index contributed by atoms with van der Waals surface area (Å²) in [4.78, 5) is 18.9. The highest BCUT2D eigenvalue weighted by molar-refractivity contribution is 7.13. The second-order valence-corrected chi connectivity index (χ2v) is 8.27. The highest BCUT2D eigenvalue weighted by Gasteiger charge is 2.54. The molecule has 0 spiro atoms. The van der Waals surface area contributed by atoms with E-state index in [4.69, 9.17) is 4.98 Å². The lowest BCUT2D eigenvalue weighted by atomic mass is 9.81. The summed E-state index contributed by atoms with van der Waals surface area (Å²) in [6, 6.07) is 8.60. The maximum absolute atomic E-state index is 11.8. The molecule has 132 valence electrons. The second-order valence-electron chi connectivity index (χ2n) is 7.41. The van der Waals surface area contributed by atoms with E-state index in [-0.39, 0.29) is 0 Å². The van der Waals surface area contributed by atoms with Gasteiger partial charge in [0.2, 0.25) is 0 Å². The lowest BCUT2D eigenvalue weighted by molar-refractivity contribution is -0.149. The summed E-state index contributed by atoms with van der Waals surface area (Å²) in [5, 5.41) is 12.9. The maximum atomic E-state index is 11.8. The Morgan fingerprint density at radius 3 is 2.88 bits per heavy atom. The average Bonchev–Trinajstić information content (AvgIpc) is 3.29. The molecule has 1 saturated carbocycles. The Hall–Kier alpha value is -1.72. The molecular weight excluding hydrogens is 332 g/mol. The molecule has 1 aromatic heterocycles. The minimum absolute atomic E-state index is 0.310. The molecular formula is C20H24N2O2S. The molecule has 2 aliphatic rings. The number of hydrogen-bond acceptors (Lipinski definition) is 4. The van der Waals surface area contributed by atoms with Gasteiger partial charge in [0.15, 0.2) is 0 Å². The van der Waals surface area contributed by atoms with Crippen LogP contribution in [0.25, 0.3) is 10.6 Å². The van der Waals surface area contributed by atoms with Crippen LogP contribution in [0.5, 0.6) is 0 Å². The zero-order chi connectivity index (χ0) is 17.4. The maximum Gasteiger partial charge on any atom is 0.311 e. The van der Waals surface area contributed by atoms with Gasteiger partial charge in [-0.1, -0.05) is 37.6 Å². The first-order chi connectivity index (χ1) is 12.1. The average molecular weight is 356 g/mol. The molecule has 25 heavy (non-hydrogen) atoms. The predicted molar refractivity (Wildman–Crippen MR) is 99.6 cm³/mol. The number of thiazole rings is 1. The number of benzene rings is 1. The van der Waals surface area contributed by atoms with Crippen LogP contribution in [-0.2, 0) is 17.8 Å². The van der Waals surface area contributed by atoms with E-state index in [0.717, 1.165) is 55.0 Å². The Bertz CT molecular complexity index is 770. The molecule has 1 saturated heterocycles. The van der Waals surface area contributed by atoms with Gasteiger partial charge in [-0.3, -0.25) is 9.69 Å². The van der Waals surface area contributed by atoms with Crippen LogP contribution >= 0.6 is 11.3 Å². The summed E-state index contributed by atoms with van der Waals surface area (Å²) in [7, 11) is 0. The summed E-state index contributed by atoms with van der Waals surface area (Å²) in [6.07, 6.45) is 3.98. The minimum Gasteiger partial charge on any atom is -0.481 e. The number of rotatable bonds is 5. The van der Waals surface area contributed by atoms with Gasteiger partial charge in [-0.25, -0.2) is 4.98 Å². The van der Waals surface area contributed by atoms with Gasteiger partial charge < -0.3 is 5.11 Å². The van der Waals surface area contributed by atoms with Crippen molar-refractivity contribution in [3.05, 3.63) is 40.9 Å². The molecule has 1 aliphatic carbocycles. The standard InChI is InChI=1S/C20H24N2O2S/c1-2-14-5-7-15(8-6-14)18-21-17(12-25-18)11-22-10-16-4-3-9-20(16,13-22)19(23)24/h5-8,12,16H,2-4,9-11,13H2,1H3,(H,23,24)/t16-,20+/m0/s1. The number of carboxylic acid groups (broad SMARTS) is 1. The number of nitrogens with zero attached hydrogens (tertiary/aromatic N) is 2. The summed E-state index contributed by atoms with van der Waals surface area (Å²) < 4.78 is 0. The van der Waals surface area contributed by atoms with E-state index in [2.05, 4.69) is 41.5 Å². The Morgan fingerprint density at radius 1 is 1.40 bits per heavy atom. The molecule has 2 fully saturated rings. The van der Waals surface area contributed by atoms with Crippen molar-refractivity contribution in [3.8, 4) is 10.6 Å². The molecule has 0 unspecified atom stereocenters. The van der Waals surface area contributed by atoms with Crippen LogP contribution in [0, 0.1) is 11.3 Å². The van der Waals surface area contributed by atoms with E-state index in [1.165, 1.54) is 5.56 Å². The SMILES string of the molecule is CCc1ccc(-c2nc(CN3C[C@@H]4CCC[C@@]4(C(=O)O)C3)cs2)cc1. The number of likely N-dealkylation sites (tertiary alicyclic amines) is 1. The van der Waals surface area contributed by atoms with Gasteiger partial charge in [0.05, 0.1) is 11.1 Å². The van der Waals surface area contributed by atoms with Gasteiger partial charge in [0.1, 0.15) is 5.01 Å². The smallest absolute Gasteiger partial charge is 0.311 e. The molecule has 2 heterocycles. The largest absolute Gasteiger partial charge is 0.481 e. The molecule has 1 aliphatic heterocycles. The van der Waals surface area contributed by atoms with E-state index >= 15 is 0 Å². The number of aryl methyl sites for hydroxylation is 1. The van der Waals surface area contributed by atoms with Crippen LogP contribution in [0.2, 0.25) is 0 Å². The quantitative estimate of drug-likeness (QED) is 0.878. The number of aliphatic carboxylic acids is 1. The molecule has 0 amide bonds. The van der Waals surface area contributed by atoms with Gasteiger partial charge >= 0.3 is 5.97 Å². The molecule has 1 N–H and O–H groups in total. The summed E-state index contributed by atoms with van der Waals surface area (Å²) in [6.45, 7) is 4.48. The number of hydrogen-bond donors (Lipinski definition) is 1. The van der Waals surface area contributed by atoms with E-state index < -0.39 is 11.4 Å². The first-order valence-electron chi connectivity index (χ1n) is 9.10. The molecule has 4 nitrogen and oxygen atoms in total. The zero-order valence-corrected chi connectivity index (χ0v) is 15.4. The van der Waals surface area contributed by atoms with Crippen LogP contribution in [0.1, 0.15) is 37.4 Å². The highest BCUT2D eigenvalue weighted by Crippen LogP contribution is 2.49. The summed E-state index contributed by atoms with van der Waals surface area (Å²) in [5.74, 6) is -0.294. The Morgan fingerprint density at radius 2 is 2.20 bits per heavy atom. The van der Waals surface area contributed by atoms with Crippen LogP contribution in [-0.4, -0.2) is 34.0 Å². The lowest BCUT2D eigenvalue weighted by Crippen LogP contribution is -2.35. The number of fused-ring (bicyclic) bond motifs is 1. The summed E-state index contributed by atoms with van der Waals surface area (Å²) >= 11 is 1.67. The van der Waals surface area contributed by atoms with Crippen LogP contribution in [0.3, 0.4) is 0 Å². The van der Waals surface area contributed by atoms with E-state index in [1.807, 2.05) is 0 Å². The zero-order valence-electron chi connectivity index (χ0n) is 14.6. The van der Waals surface area contributed by atoms with Crippen molar-refractivity contribution in [2.45, 2.75) is 39.2 Å². The summed E-state index contributed by atoms with van der Waals surface area (Å²) in [5.41, 5.74) is 3.05. The lowest BCUT2D eigenvalue weighted by Gasteiger charge is -2.23. The number of carbonyl (C=O) groups is 1. The van der Waals surface area contributed by atoms with E-state index in [0.29, 0.717) is 12.5 Å². The van der Waals surface area contributed by atoms with Gasteiger partial charge in [0.25, 0.3) is 0 Å². The first kappa shape index (κ1) is 16.7. The predicted octanol–water partition coefficient (Wildman–Crippen LogP) is 4.06. The molecule has 1 aromatic carbocycles. The van der Waals surface area contributed by atoms with Gasteiger partial charge in [-0.05, 0) is 30.7 Å². The van der Waals surface area contributed by atoms with E-state index in [1.54, 1.807) is 11.3 Å². The molecule has 2 atom stereocenters. The van der Waals surface area contributed by atoms with Gasteiger partial charge in [-0.2, -0.15) is 0 Å². The van der Waals surface area contributed by atoms with Gasteiger partial charge in [0, 0.05) is 30.6 Å². The van der Waals surface area contributed by atoms with Crippen LogP contribution in [0.4, 0.5) is 0 Å². The van der Waals surface area contributed by atoms with Crippen molar-refractivity contribution in [2.24, 2.45) is 11.3 Å². The van der Waals surface area contributed by atoms with E-state index in [9.17, 15) is 9.90 Å². The minimum atomic E-state index is -0.604. The van der Waals surface area contributed by atoms with Crippen LogP contribution < -0.4 is 0 Å². The fourth-order valence-corrected chi connectivity index (χ4v) is 5.30. The van der Waals surface area contributed by atoms with Crippen LogP contribution in [0.15, 0.2) is 29.6 Å². The highest BCUT2D eigenvalue weighted by atomic mass is 32.1. The molecule has 2 aromatic rings. The topological polar surface area (TPSA) is 53.4 Å². The molecule has 5 heteroatoms. The molecule has 0 bridgehead atoms. The number of carboxylic acids is 1. The van der Waals surface area contributed by atoms with Gasteiger partial charge in [-0.15, -0.1) is 11.3 Å². The van der Waals surface area contributed by atoms with Crippen molar-refractivity contribution < 1.29 is 9.90 Å². The third-order valence-electron chi connectivity index (χ3n) is 5.91. The molecule has 0 radical (unpaired) electrons. The monoisotopic (exact) mass is 356 g/mol. The van der Waals surface area contributed by atoms with Crippen molar-refractivity contribution >= 4 is 17.3 Å². The Kier molecular flexibility index (Phi) is 4.38.